The van der Waals surface area contributed by atoms with Crippen molar-refractivity contribution in [3.63, 3.8) is 0 Å². The van der Waals surface area contributed by atoms with Crippen molar-refractivity contribution in [3.05, 3.63) is 76.8 Å². The molecule has 0 bridgehead atoms. The van der Waals surface area contributed by atoms with Crippen molar-refractivity contribution >= 4 is 23.5 Å². The normalized spacial score (nSPS) is 13.8. The first-order valence-electron chi connectivity index (χ1n) is 10.1. The van der Waals surface area contributed by atoms with Crippen LogP contribution in [0.25, 0.3) is 11.8 Å². The fraction of sp³-hybridized carbons (Fsp3) is 0.217. The highest BCUT2D eigenvalue weighted by molar-refractivity contribution is 5.87. The molecule has 0 spiro atoms. The average Bonchev–Trinajstić information content (AvgIpc) is 3.29. The van der Waals surface area contributed by atoms with E-state index in [0.717, 1.165) is 28.1 Å². The van der Waals surface area contributed by atoms with Crippen LogP contribution in [0.3, 0.4) is 0 Å². The molecule has 0 saturated carbocycles. The zero-order valence-electron chi connectivity index (χ0n) is 17.4. The first-order chi connectivity index (χ1) is 14.9. The number of amides is 1. The Balaban J connectivity index is 1.62. The fourth-order valence-electron chi connectivity index (χ4n) is 3.96. The maximum atomic E-state index is 12.0. The van der Waals surface area contributed by atoms with Crippen LogP contribution in [0.4, 0.5) is 5.82 Å². The number of carbonyl (C=O) groups excluding carboxylic acids is 1. The minimum absolute atomic E-state index is 0.0780. The Hall–Kier alpha value is -3.94. The second-order valence-corrected chi connectivity index (χ2v) is 7.65. The van der Waals surface area contributed by atoms with Gasteiger partial charge >= 0.3 is 0 Å². The number of H-pyrrole nitrogens is 1. The number of aromatic amines is 1. The van der Waals surface area contributed by atoms with Gasteiger partial charge < -0.3 is 26.5 Å². The van der Waals surface area contributed by atoms with Gasteiger partial charge in [-0.2, -0.15) is 5.10 Å². The smallest absolute Gasteiger partial charge is 0.246 e. The maximum absolute atomic E-state index is 12.0. The molecule has 1 amide bonds. The molecule has 0 aliphatic carbocycles. The molecule has 160 valence electrons. The molecule has 2 aromatic heterocycles. The molecule has 31 heavy (non-hydrogen) atoms. The molecule has 1 aliphatic heterocycles. The van der Waals surface area contributed by atoms with Crippen LogP contribution < -0.4 is 11.5 Å². The summed E-state index contributed by atoms with van der Waals surface area (Å²) >= 11 is 0. The van der Waals surface area contributed by atoms with E-state index in [4.69, 9.17) is 11.5 Å². The van der Waals surface area contributed by atoms with E-state index in [9.17, 15) is 9.90 Å². The molecule has 8 heteroatoms. The second-order valence-electron chi connectivity index (χ2n) is 7.65. The molecule has 0 atom stereocenters. The lowest BCUT2D eigenvalue weighted by Crippen LogP contribution is -2.37. The number of nitrogens with one attached hydrogen (secondary N) is 1. The summed E-state index contributed by atoms with van der Waals surface area (Å²) in [5.41, 5.74) is 18.2. The third-order valence-corrected chi connectivity index (χ3v) is 5.76. The highest BCUT2D eigenvalue weighted by atomic mass is 16.3. The predicted molar refractivity (Wildman–Crippen MR) is 121 cm³/mol. The Labute approximate surface area is 180 Å². The molecule has 8 nitrogen and oxygen atoms in total. The summed E-state index contributed by atoms with van der Waals surface area (Å²) in [6.07, 6.45) is 5.57. The Kier molecular flexibility index (Phi) is 5.29. The molecule has 4 rings (SSSR count). The number of nitrogen functional groups attached to an aromatic ring is 1. The predicted octanol–water partition coefficient (Wildman–Crippen LogP) is 2.38. The molecule has 1 aliphatic rings. The van der Waals surface area contributed by atoms with E-state index in [1.54, 1.807) is 29.2 Å². The summed E-state index contributed by atoms with van der Waals surface area (Å²) in [5, 5.41) is 14.5. The van der Waals surface area contributed by atoms with Crippen LogP contribution in [0, 0.1) is 6.92 Å². The SMILES string of the molecule is C=CC(=O)N1CCn2ncc(Cc3[nH]c(N)c(/C=C(\N)c4ccccc4O)c3C)c2C1. The standard InChI is InChI=1S/C23H26N6O2/c1-3-22(31)28-8-9-29-20(13-28)15(12-26-29)10-19-14(2)17(23(25)27-19)11-18(24)16-6-4-5-7-21(16)30/h3-7,11-12,27,30H,1,8-10,13,24-25H2,2H3/b18-11-. The lowest BCUT2D eigenvalue weighted by atomic mass is 10.0. The van der Waals surface area contributed by atoms with Crippen molar-refractivity contribution in [1.29, 1.82) is 0 Å². The molecule has 0 fully saturated rings. The second kappa shape index (κ2) is 8.06. The van der Waals surface area contributed by atoms with Gasteiger partial charge in [0.15, 0.2) is 0 Å². The highest BCUT2D eigenvalue weighted by Gasteiger charge is 2.23. The number of aromatic nitrogens is 3. The van der Waals surface area contributed by atoms with Crippen LogP contribution in [0.15, 0.2) is 43.1 Å². The van der Waals surface area contributed by atoms with E-state index in [1.807, 2.05) is 23.9 Å². The summed E-state index contributed by atoms with van der Waals surface area (Å²) in [7, 11) is 0. The van der Waals surface area contributed by atoms with Crippen LogP contribution in [0.1, 0.15) is 33.6 Å². The molecular formula is C23H26N6O2. The molecule has 3 aromatic rings. The van der Waals surface area contributed by atoms with Crippen molar-refractivity contribution in [1.82, 2.24) is 19.7 Å². The summed E-state index contributed by atoms with van der Waals surface area (Å²) in [6.45, 7) is 7.34. The molecule has 3 heterocycles. The average molecular weight is 419 g/mol. The number of carbonyl (C=O) groups is 1. The number of anilines is 1. The van der Waals surface area contributed by atoms with Crippen molar-refractivity contribution in [2.24, 2.45) is 5.73 Å². The Bertz CT molecular complexity index is 1190. The van der Waals surface area contributed by atoms with Gasteiger partial charge in [0.1, 0.15) is 11.6 Å². The lowest BCUT2D eigenvalue weighted by Gasteiger charge is -2.27. The number of hydrogen-bond acceptors (Lipinski definition) is 5. The molecule has 0 saturated heterocycles. The van der Waals surface area contributed by atoms with Gasteiger partial charge in [-0.3, -0.25) is 9.48 Å². The zero-order chi connectivity index (χ0) is 22.1. The number of nitrogens with two attached hydrogens (primary N) is 2. The van der Waals surface area contributed by atoms with Crippen molar-refractivity contribution in [2.45, 2.75) is 26.4 Å². The summed E-state index contributed by atoms with van der Waals surface area (Å²) in [5.74, 6) is 0.550. The number of phenolic OH excluding ortho intramolecular Hbond substituents is 1. The largest absolute Gasteiger partial charge is 0.507 e. The quantitative estimate of drug-likeness (QED) is 0.473. The Morgan fingerprint density at radius 2 is 2.13 bits per heavy atom. The van der Waals surface area contributed by atoms with Gasteiger partial charge in [-0.05, 0) is 36.8 Å². The first kappa shape index (κ1) is 20.3. The number of para-hydroxylation sites is 1. The van der Waals surface area contributed by atoms with E-state index < -0.39 is 0 Å². The van der Waals surface area contributed by atoms with Gasteiger partial charge in [0, 0.05) is 41.0 Å². The number of nitrogens with zero attached hydrogens (tertiary/aromatic N) is 3. The number of rotatable bonds is 5. The zero-order valence-corrected chi connectivity index (χ0v) is 17.4. The van der Waals surface area contributed by atoms with Crippen molar-refractivity contribution in [2.75, 3.05) is 12.3 Å². The van der Waals surface area contributed by atoms with Crippen LogP contribution in [-0.2, 0) is 24.3 Å². The maximum Gasteiger partial charge on any atom is 0.246 e. The summed E-state index contributed by atoms with van der Waals surface area (Å²) < 4.78 is 1.95. The number of benzene rings is 1. The third-order valence-electron chi connectivity index (χ3n) is 5.76. The van der Waals surface area contributed by atoms with Crippen LogP contribution in [0.5, 0.6) is 5.75 Å². The third kappa shape index (κ3) is 3.79. The van der Waals surface area contributed by atoms with E-state index >= 15 is 0 Å². The van der Waals surface area contributed by atoms with Gasteiger partial charge in [0.25, 0.3) is 0 Å². The summed E-state index contributed by atoms with van der Waals surface area (Å²) in [4.78, 5) is 17.1. The molecule has 6 N–H and O–H groups in total. The summed E-state index contributed by atoms with van der Waals surface area (Å²) in [6, 6.07) is 6.92. The number of phenols is 1. The number of aromatic hydroxyl groups is 1. The molecule has 1 aromatic carbocycles. The van der Waals surface area contributed by atoms with Gasteiger partial charge in [0.2, 0.25) is 5.91 Å². The van der Waals surface area contributed by atoms with E-state index in [1.165, 1.54) is 6.08 Å². The van der Waals surface area contributed by atoms with Crippen LogP contribution in [0.2, 0.25) is 0 Å². The number of fused-ring (bicyclic) bond motifs is 1. The van der Waals surface area contributed by atoms with Crippen molar-refractivity contribution < 1.29 is 9.90 Å². The van der Waals surface area contributed by atoms with Crippen LogP contribution >= 0.6 is 0 Å². The van der Waals surface area contributed by atoms with Crippen LogP contribution in [-0.4, -0.2) is 37.2 Å². The van der Waals surface area contributed by atoms with Gasteiger partial charge in [-0.1, -0.05) is 18.7 Å². The Morgan fingerprint density at radius 3 is 2.87 bits per heavy atom. The topological polar surface area (TPSA) is 126 Å². The minimum atomic E-state index is -0.0780. The molecule has 0 radical (unpaired) electrons. The molecular weight excluding hydrogens is 392 g/mol. The minimum Gasteiger partial charge on any atom is -0.507 e. The van der Waals surface area contributed by atoms with Crippen molar-refractivity contribution in [3.8, 4) is 5.75 Å². The molecule has 0 unspecified atom stereocenters. The van der Waals surface area contributed by atoms with Gasteiger partial charge in [-0.15, -0.1) is 0 Å². The lowest BCUT2D eigenvalue weighted by molar-refractivity contribution is -0.127. The van der Waals surface area contributed by atoms with Gasteiger partial charge in [0.05, 0.1) is 25.0 Å². The monoisotopic (exact) mass is 418 g/mol. The van der Waals surface area contributed by atoms with E-state index in [0.29, 0.717) is 43.1 Å². The number of hydrogen-bond donors (Lipinski definition) is 4. The van der Waals surface area contributed by atoms with Gasteiger partial charge in [-0.25, -0.2) is 0 Å². The Morgan fingerprint density at radius 1 is 1.35 bits per heavy atom. The van der Waals surface area contributed by atoms with E-state index in [2.05, 4.69) is 16.7 Å². The highest BCUT2D eigenvalue weighted by Crippen LogP contribution is 2.29. The fourth-order valence-corrected chi connectivity index (χ4v) is 3.96. The first-order valence-corrected chi connectivity index (χ1v) is 10.1. The van der Waals surface area contributed by atoms with E-state index in [-0.39, 0.29) is 11.7 Å².